The minimum absolute atomic E-state index is 0. The zero-order chi connectivity index (χ0) is 9.80. The van der Waals surface area contributed by atoms with Crippen molar-refractivity contribution in [2.45, 2.75) is 18.9 Å². The van der Waals surface area contributed by atoms with Gasteiger partial charge >= 0.3 is 0 Å². The molecule has 1 aromatic carbocycles. The highest BCUT2D eigenvalue weighted by atomic mass is 35.5. The number of benzene rings is 1. The zero-order valence-corrected chi connectivity index (χ0v) is 10.0. The summed E-state index contributed by atoms with van der Waals surface area (Å²) in [6.07, 6.45) is 4.33. The van der Waals surface area contributed by atoms with Crippen molar-refractivity contribution in [3.63, 3.8) is 0 Å². The maximum absolute atomic E-state index is 5.47. The lowest BCUT2D eigenvalue weighted by Gasteiger charge is -2.11. The van der Waals surface area contributed by atoms with Crippen LogP contribution in [0.25, 0.3) is 0 Å². The van der Waals surface area contributed by atoms with Crippen LogP contribution in [0.1, 0.15) is 23.6 Å². The smallest absolute Gasteiger partial charge is 0.0328 e. The molecule has 2 rings (SSSR count). The lowest BCUT2D eigenvalue weighted by molar-refractivity contribution is 0.564. The molecule has 0 unspecified atom stereocenters. The van der Waals surface area contributed by atoms with Crippen molar-refractivity contribution in [3.8, 4) is 0 Å². The molecule has 0 saturated carbocycles. The van der Waals surface area contributed by atoms with Crippen molar-refractivity contribution in [1.29, 1.82) is 0 Å². The van der Waals surface area contributed by atoms with Gasteiger partial charge in [0.25, 0.3) is 0 Å². The largest absolute Gasteiger partial charge is 0.306 e. The van der Waals surface area contributed by atoms with Gasteiger partial charge in [-0.1, -0.05) is 41.9 Å². The Morgan fingerprint density at radius 3 is 3.00 bits per heavy atom. The van der Waals surface area contributed by atoms with Crippen molar-refractivity contribution in [3.05, 3.63) is 47.0 Å². The molecule has 0 aromatic heterocycles. The van der Waals surface area contributed by atoms with Crippen LogP contribution in [0.3, 0.4) is 0 Å². The van der Waals surface area contributed by atoms with Crippen LogP contribution in [-0.4, -0.2) is 6.54 Å². The Labute approximate surface area is 102 Å². The van der Waals surface area contributed by atoms with E-state index in [1.807, 2.05) is 6.08 Å². The molecular weight excluding hydrogens is 229 g/mol. The summed E-state index contributed by atoms with van der Waals surface area (Å²) in [5.74, 6) is 0. The van der Waals surface area contributed by atoms with Gasteiger partial charge in [-0.25, -0.2) is 0 Å². The van der Waals surface area contributed by atoms with Gasteiger partial charge in [0.05, 0.1) is 0 Å². The first-order chi connectivity index (χ1) is 6.92. The first-order valence-corrected chi connectivity index (χ1v) is 5.42. The normalized spacial score (nSPS) is 18.9. The van der Waals surface area contributed by atoms with E-state index < -0.39 is 0 Å². The SMILES string of the molecule is Cl.Cl/C=C/CN[C@@H]1CCc2ccccc21. The van der Waals surface area contributed by atoms with Gasteiger partial charge in [-0.15, -0.1) is 12.4 Å². The minimum Gasteiger partial charge on any atom is -0.306 e. The second-order valence-electron chi connectivity index (χ2n) is 3.56. The number of hydrogen-bond acceptors (Lipinski definition) is 1. The Bertz CT molecular complexity index is 336. The molecule has 1 nitrogen and oxygen atoms in total. The summed E-state index contributed by atoms with van der Waals surface area (Å²) in [4.78, 5) is 0. The van der Waals surface area contributed by atoms with E-state index in [0.717, 1.165) is 6.54 Å². The number of hydrogen-bond donors (Lipinski definition) is 1. The molecule has 0 heterocycles. The summed E-state index contributed by atoms with van der Waals surface area (Å²) in [7, 11) is 0. The molecule has 15 heavy (non-hydrogen) atoms. The van der Waals surface area contributed by atoms with E-state index in [4.69, 9.17) is 11.6 Å². The molecule has 0 fully saturated rings. The lowest BCUT2D eigenvalue weighted by Crippen LogP contribution is -2.18. The Kier molecular flexibility index (Phi) is 5.16. The molecule has 1 N–H and O–H groups in total. The van der Waals surface area contributed by atoms with Crippen LogP contribution in [0.5, 0.6) is 0 Å². The molecule has 82 valence electrons. The van der Waals surface area contributed by atoms with Crippen LogP contribution in [0.2, 0.25) is 0 Å². The predicted molar refractivity (Wildman–Crippen MR) is 67.7 cm³/mol. The average Bonchev–Trinajstić information content (AvgIpc) is 2.63. The average molecular weight is 244 g/mol. The molecule has 1 aromatic rings. The van der Waals surface area contributed by atoms with E-state index in [1.165, 1.54) is 24.0 Å². The summed E-state index contributed by atoms with van der Waals surface area (Å²) >= 11 is 5.47. The van der Waals surface area contributed by atoms with Crippen LogP contribution >= 0.6 is 24.0 Å². The Hall–Kier alpha value is -0.500. The molecule has 3 heteroatoms. The van der Waals surface area contributed by atoms with Gasteiger partial charge in [0.2, 0.25) is 0 Å². The van der Waals surface area contributed by atoms with E-state index in [-0.39, 0.29) is 12.4 Å². The van der Waals surface area contributed by atoms with E-state index in [1.54, 1.807) is 5.54 Å². The second-order valence-corrected chi connectivity index (χ2v) is 3.81. The highest BCUT2D eigenvalue weighted by Gasteiger charge is 2.20. The summed E-state index contributed by atoms with van der Waals surface area (Å²) in [6.45, 7) is 0.850. The topological polar surface area (TPSA) is 12.0 Å². The molecule has 0 saturated heterocycles. The standard InChI is InChI=1S/C12H14ClN.ClH/c13-8-3-9-14-12-7-6-10-4-1-2-5-11(10)12;/h1-5,8,12,14H,6-7,9H2;1H/b8-3+;/t12-;/m1./s1. The fraction of sp³-hybridized carbons (Fsp3) is 0.333. The molecule has 0 aliphatic heterocycles. The predicted octanol–water partition coefficient (Wildman–Crippen LogP) is 3.44. The van der Waals surface area contributed by atoms with E-state index >= 15 is 0 Å². The first-order valence-electron chi connectivity index (χ1n) is 4.98. The second kappa shape index (κ2) is 6.16. The molecule has 1 atom stereocenters. The number of aryl methyl sites for hydroxylation is 1. The van der Waals surface area contributed by atoms with Crippen LogP contribution in [-0.2, 0) is 6.42 Å². The quantitative estimate of drug-likeness (QED) is 0.858. The third-order valence-corrected chi connectivity index (χ3v) is 2.88. The first kappa shape index (κ1) is 12.6. The van der Waals surface area contributed by atoms with E-state index in [2.05, 4.69) is 29.6 Å². The third-order valence-electron chi connectivity index (χ3n) is 2.70. The fourth-order valence-corrected chi connectivity index (χ4v) is 2.11. The molecule has 0 bridgehead atoms. The molecule has 1 aliphatic rings. The summed E-state index contributed by atoms with van der Waals surface area (Å²) in [6, 6.07) is 9.16. The Balaban J connectivity index is 0.00000112. The maximum Gasteiger partial charge on any atom is 0.0328 e. The number of halogens is 2. The van der Waals surface area contributed by atoms with Crippen LogP contribution in [0, 0.1) is 0 Å². The minimum atomic E-state index is 0. The Morgan fingerprint density at radius 1 is 1.40 bits per heavy atom. The van der Waals surface area contributed by atoms with Gasteiger partial charge in [-0.2, -0.15) is 0 Å². The monoisotopic (exact) mass is 243 g/mol. The zero-order valence-electron chi connectivity index (χ0n) is 8.45. The van der Waals surface area contributed by atoms with E-state index in [9.17, 15) is 0 Å². The van der Waals surface area contributed by atoms with Crippen molar-refractivity contribution < 1.29 is 0 Å². The summed E-state index contributed by atoms with van der Waals surface area (Å²) in [5.41, 5.74) is 4.50. The lowest BCUT2D eigenvalue weighted by atomic mass is 10.1. The van der Waals surface area contributed by atoms with Gasteiger partial charge in [-0.3, -0.25) is 0 Å². The van der Waals surface area contributed by atoms with Crippen LogP contribution in [0.15, 0.2) is 35.9 Å². The van der Waals surface area contributed by atoms with Crippen LogP contribution in [0.4, 0.5) is 0 Å². The fourth-order valence-electron chi connectivity index (χ4n) is 2.02. The van der Waals surface area contributed by atoms with Gasteiger partial charge in [-0.05, 0) is 24.0 Å². The van der Waals surface area contributed by atoms with Crippen LogP contribution < -0.4 is 5.32 Å². The maximum atomic E-state index is 5.47. The molecule has 1 aliphatic carbocycles. The van der Waals surface area contributed by atoms with Crippen molar-refractivity contribution >= 4 is 24.0 Å². The highest BCUT2D eigenvalue weighted by molar-refractivity contribution is 6.25. The van der Waals surface area contributed by atoms with E-state index in [0.29, 0.717) is 6.04 Å². The number of rotatable bonds is 3. The van der Waals surface area contributed by atoms with Gasteiger partial charge in [0.15, 0.2) is 0 Å². The summed E-state index contributed by atoms with van der Waals surface area (Å²) in [5, 5.41) is 3.47. The number of nitrogens with one attached hydrogen (secondary N) is 1. The summed E-state index contributed by atoms with van der Waals surface area (Å²) < 4.78 is 0. The van der Waals surface area contributed by atoms with Gasteiger partial charge in [0.1, 0.15) is 0 Å². The van der Waals surface area contributed by atoms with Crippen molar-refractivity contribution in [1.82, 2.24) is 5.32 Å². The van der Waals surface area contributed by atoms with Crippen molar-refractivity contribution in [2.75, 3.05) is 6.54 Å². The molecule has 0 amide bonds. The Morgan fingerprint density at radius 2 is 2.20 bits per heavy atom. The van der Waals surface area contributed by atoms with Crippen molar-refractivity contribution in [2.24, 2.45) is 0 Å². The third kappa shape index (κ3) is 2.97. The molecule has 0 radical (unpaired) electrons. The van der Waals surface area contributed by atoms with Gasteiger partial charge in [0, 0.05) is 18.1 Å². The number of fused-ring (bicyclic) bond motifs is 1. The van der Waals surface area contributed by atoms with Gasteiger partial charge < -0.3 is 5.32 Å². The molecule has 0 spiro atoms. The molecular formula is C12H15Cl2N. The highest BCUT2D eigenvalue weighted by Crippen LogP contribution is 2.30.